The molecule has 1 heterocycles. The number of ketones is 1. The zero-order valence-corrected chi connectivity index (χ0v) is 7.09. The molecule has 2 atom stereocenters. The Balaban J connectivity index is 2.45. The number of Topliss-reactive ketones (excluding diaryl/α,β-unsaturated/α-hetero) is 1. The highest BCUT2D eigenvalue weighted by Crippen LogP contribution is 2.38. The molecule has 64 valence electrons. The van der Waals surface area contributed by atoms with Gasteiger partial charge in [-0.25, -0.2) is 0 Å². The number of rotatable bonds is 0. The summed E-state index contributed by atoms with van der Waals surface area (Å²) in [6, 6.07) is 0. The molecule has 1 aliphatic carbocycles. The number of carbonyl (C=O) groups is 2. The third-order valence-corrected chi connectivity index (χ3v) is 2.83. The second kappa shape index (κ2) is 2.19. The number of allylic oxidation sites excluding steroid dienone is 1. The van der Waals surface area contributed by atoms with Crippen LogP contribution in [0, 0.1) is 11.8 Å². The van der Waals surface area contributed by atoms with E-state index in [1.807, 2.05) is 6.92 Å². The molecule has 0 aromatic rings. The van der Waals surface area contributed by atoms with Crippen molar-refractivity contribution in [3.05, 3.63) is 11.1 Å². The van der Waals surface area contributed by atoms with Crippen LogP contribution in [-0.4, -0.2) is 18.4 Å². The minimum Gasteiger partial charge on any atom is -0.464 e. The van der Waals surface area contributed by atoms with E-state index in [9.17, 15) is 9.59 Å². The van der Waals surface area contributed by atoms with Crippen LogP contribution in [0.4, 0.5) is 0 Å². The van der Waals surface area contributed by atoms with E-state index in [0.29, 0.717) is 0 Å². The molecule has 2 aliphatic rings. The molecular formula is C9H10O3. The molecule has 3 nitrogen and oxygen atoms in total. The number of hydrogen-bond acceptors (Lipinski definition) is 3. The van der Waals surface area contributed by atoms with Gasteiger partial charge in [-0.2, -0.15) is 0 Å². The van der Waals surface area contributed by atoms with Crippen molar-refractivity contribution in [3.8, 4) is 0 Å². The molecule has 0 spiro atoms. The number of esters is 1. The molecule has 2 rings (SSSR count). The summed E-state index contributed by atoms with van der Waals surface area (Å²) in [6.45, 7) is 3.89. The summed E-state index contributed by atoms with van der Waals surface area (Å²) in [5.41, 5.74) is 1.65. The van der Waals surface area contributed by atoms with Gasteiger partial charge in [0.15, 0.2) is 5.78 Å². The first kappa shape index (κ1) is 7.53. The van der Waals surface area contributed by atoms with Crippen molar-refractivity contribution >= 4 is 11.8 Å². The zero-order valence-electron chi connectivity index (χ0n) is 7.09. The molecule has 1 saturated heterocycles. The van der Waals surface area contributed by atoms with Crippen LogP contribution >= 0.6 is 0 Å². The smallest absolute Gasteiger partial charge is 0.313 e. The van der Waals surface area contributed by atoms with Gasteiger partial charge in [0.25, 0.3) is 0 Å². The summed E-state index contributed by atoms with van der Waals surface area (Å²) >= 11 is 0. The van der Waals surface area contributed by atoms with Crippen LogP contribution in [0.2, 0.25) is 0 Å². The Bertz CT molecular complexity index is 301. The van der Waals surface area contributed by atoms with Crippen molar-refractivity contribution < 1.29 is 14.3 Å². The maximum atomic E-state index is 11.5. The summed E-state index contributed by atoms with van der Waals surface area (Å²) in [5, 5.41) is 0. The fourth-order valence-corrected chi connectivity index (χ4v) is 1.93. The molecule has 1 aliphatic heterocycles. The normalized spacial score (nSPS) is 34.2. The lowest BCUT2D eigenvalue weighted by molar-refractivity contribution is -0.140. The van der Waals surface area contributed by atoms with Gasteiger partial charge in [-0.05, 0) is 19.4 Å². The van der Waals surface area contributed by atoms with Gasteiger partial charge in [0, 0.05) is 0 Å². The second-order valence-electron chi connectivity index (χ2n) is 3.39. The Hall–Kier alpha value is -1.12. The fourth-order valence-electron chi connectivity index (χ4n) is 1.93. The summed E-state index contributed by atoms with van der Waals surface area (Å²) in [4.78, 5) is 22.6. The SMILES string of the molecule is CC1=C(C)[C@H]2C(=O)OC[C@H]2C1=O. The Morgan fingerprint density at radius 1 is 1.33 bits per heavy atom. The third-order valence-electron chi connectivity index (χ3n) is 2.83. The first-order valence-electron chi connectivity index (χ1n) is 4.01. The van der Waals surface area contributed by atoms with Gasteiger partial charge in [0.1, 0.15) is 6.61 Å². The third kappa shape index (κ3) is 0.709. The number of ether oxygens (including phenoxy) is 1. The van der Waals surface area contributed by atoms with Gasteiger partial charge in [0.05, 0.1) is 11.8 Å². The molecule has 0 saturated carbocycles. The van der Waals surface area contributed by atoms with E-state index < -0.39 is 0 Å². The van der Waals surface area contributed by atoms with E-state index in [4.69, 9.17) is 4.74 Å². The molecule has 0 amide bonds. The minimum atomic E-state index is -0.266. The number of cyclic esters (lactones) is 1. The van der Waals surface area contributed by atoms with Gasteiger partial charge in [0.2, 0.25) is 0 Å². The topological polar surface area (TPSA) is 43.4 Å². The second-order valence-corrected chi connectivity index (χ2v) is 3.39. The highest BCUT2D eigenvalue weighted by Gasteiger charge is 2.48. The van der Waals surface area contributed by atoms with Crippen molar-refractivity contribution in [2.75, 3.05) is 6.61 Å². The van der Waals surface area contributed by atoms with Crippen LogP contribution in [0.3, 0.4) is 0 Å². The Morgan fingerprint density at radius 2 is 2.00 bits per heavy atom. The van der Waals surface area contributed by atoms with E-state index in [1.54, 1.807) is 6.92 Å². The minimum absolute atomic E-state index is 0.0864. The zero-order chi connectivity index (χ0) is 8.88. The average Bonchev–Trinajstić information content (AvgIpc) is 2.51. The van der Waals surface area contributed by atoms with Crippen LogP contribution in [0.25, 0.3) is 0 Å². The molecule has 12 heavy (non-hydrogen) atoms. The molecular weight excluding hydrogens is 156 g/mol. The van der Waals surface area contributed by atoms with Crippen molar-refractivity contribution in [1.29, 1.82) is 0 Å². The van der Waals surface area contributed by atoms with Crippen LogP contribution in [-0.2, 0) is 14.3 Å². The van der Waals surface area contributed by atoms with E-state index >= 15 is 0 Å². The quantitative estimate of drug-likeness (QED) is 0.497. The number of carbonyl (C=O) groups excluding carboxylic acids is 2. The summed E-state index contributed by atoms with van der Waals surface area (Å²) in [6.07, 6.45) is 0. The molecule has 0 aromatic heterocycles. The highest BCUT2D eigenvalue weighted by molar-refractivity contribution is 6.05. The van der Waals surface area contributed by atoms with Gasteiger partial charge >= 0.3 is 5.97 Å². The maximum absolute atomic E-state index is 11.5. The summed E-state index contributed by atoms with van der Waals surface area (Å²) in [5.74, 6) is -0.624. The largest absolute Gasteiger partial charge is 0.464 e. The van der Waals surface area contributed by atoms with E-state index in [2.05, 4.69) is 0 Å². The highest BCUT2D eigenvalue weighted by atomic mass is 16.5. The lowest BCUT2D eigenvalue weighted by atomic mass is 9.95. The monoisotopic (exact) mass is 166 g/mol. The Labute approximate surface area is 70.4 Å². The predicted molar refractivity (Wildman–Crippen MR) is 41.3 cm³/mol. The number of hydrogen-bond donors (Lipinski definition) is 0. The predicted octanol–water partition coefficient (Wildman–Crippen LogP) is 0.695. The molecule has 0 bridgehead atoms. The molecule has 3 heteroatoms. The standard InChI is InChI=1S/C9H10O3/c1-4-5(2)8(10)6-3-12-9(11)7(4)6/h6-7H,3H2,1-2H3/t6-,7-/m1/s1. The fraction of sp³-hybridized carbons (Fsp3) is 0.556. The Morgan fingerprint density at radius 3 is 2.58 bits per heavy atom. The van der Waals surface area contributed by atoms with Crippen LogP contribution < -0.4 is 0 Å². The maximum Gasteiger partial charge on any atom is 0.313 e. The number of fused-ring (bicyclic) bond motifs is 1. The van der Waals surface area contributed by atoms with Crippen LogP contribution in [0.15, 0.2) is 11.1 Å². The average molecular weight is 166 g/mol. The summed E-state index contributed by atoms with van der Waals surface area (Å²) < 4.78 is 4.82. The lowest BCUT2D eigenvalue weighted by Gasteiger charge is -2.01. The van der Waals surface area contributed by atoms with Crippen LogP contribution in [0.1, 0.15) is 13.8 Å². The first-order valence-corrected chi connectivity index (χ1v) is 4.01. The van der Waals surface area contributed by atoms with Gasteiger partial charge in [-0.3, -0.25) is 9.59 Å². The summed E-state index contributed by atoms with van der Waals surface area (Å²) in [7, 11) is 0. The lowest BCUT2D eigenvalue weighted by Crippen LogP contribution is -2.16. The van der Waals surface area contributed by atoms with Crippen molar-refractivity contribution in [2.45, 2.75) is 13.8 Å². The van der Waals surface area contributed by atoms with Gasteiger partial charge in [-0.15, -0.1) is 0 Å². The van der Waals surface area contributed by atoms with Gasteiger partial charge in [-0.1, -0.05) is 5.57 Å². The van der Waals surface area contributed by atoms with E-state index in [1.165, 1.54) is 0 Å². The van der Waals surface area contributed by atoms with Crippen molar-refractivity contribution in [1.82, 2.24) is 0 Å². The van der Waals surface area contributed by atoms with Crippen molar-refractivity contribution in [2.24, 2.45) is 11.8 Å². The molecule has 1 fully saturated rings. The van der Waals surface area contributed by atoms with Crippen molar-refractivity contribution in [3.63, 3.8) is 0 Å². The molecule has 0 unspecified atom stereocenters. The molecule has 0 N–H and O–H groups in total. The van der Waals surface area contributed by atoms with E-state index in [0.717, 1.165) is 11.1 Å². The molecule has 0 radical (unpaired) electrons. The first-order chi connectivity index (χ1) is 5.63. The van der Waals surface area contributed by atoms with Crippen LogP contribution in [0.5, 0.6) is 0 Å². The van der Waals surface area contributed by atoms with E-state index in [-0.39, 0.29) is 30.2 Å². The Kier molecular flexibility index (Phi) is 1.37. The molecule has 0 aromatic carbocycles. The van der Waals surface area contributed by atoms with Gasteiger partial charge < -0.3 is 4.74 Å².